The molecule has 0 aromatic heterocycles. The minimum Gasteiger partial charge on any atom is -0.312 e. The van der Waals surface area contributed by atoms with E-state index in [1.54, 1.807) is 12.1 Å². The van der Waals surface area contributed by atoms with Gasteiger partial charge in [0.25, 0.3) is 0 Å². The number of carbonyl (C=O) groups excluding carboxylic acids is 1. The molecule has 1 aliphatic heterocycles. The number of hydrogen-bond donors (Lipinski definition) is 1. The van der Waals surface area contributed by atoms with Crippen LogP contribution in [-0.2, 0) is 21.2 Å². The molecule has 0 spiro atoms. The van der Waals surface area contributed by atoms with Crippen molar-refractivity contribution in [2.24, 2.45) is 5.92 Å². The highest BCUT2D eigenvalue weighted by Crippen LogP contribution is 2.37. The fourth-order valence-corrected chi connectivity index (χ4v) is 3.67. The highest BCUT2D eigenvalue weighted by atomic mass is 32.2. The van der Waals surface area contributed by atoms with E-state index in [9.17, 15) is 13.2 Å². The zero-order valence-corrected chi connectivity index (χ0v) is 13.2. The molecule has 1 aromatic rings. The summed E-state index contributed by atoms with van der Waals surface area (Å²) in [6.07, 6.45) is 5.16. The second kappa shape index (κ2) is 5.76. The van der Waals surface area contributed by atoms with Crippen molar-refractivity contribution in [1.82, 2.24) is 0 Å². The van der Waals surface area contributed by atoms with E-state index in [2.05, 4.69) is 11.3 Å². The third kappa shape index (κ3) is 3.16. The highest BCUT2D eigenvalue weighted by molar-refractivity contribution is 7.92. The Morgan fingerprint density at radius 2 is 2.18 bits per heavy atom. The molecule has 0 unspecified atom stereocenters. The number of carbonyl (C=O) groups is 1. The van der Waals surface area contributed by atoms with Gasteiger partial charge in [-0.1, -0.05) is 12.1 Å². The Bertz CT molecular complexity index is 708. The molecule has 3 rings (SSSR count). The summed E-state index contributed by atoms with van der Waals surface area (Å²) in [6, 6.07) is 5.44. The van der Waals surface area contributed by atoms with Gasteiger partial charge in [-0.3, -0.25) is 9.52 Å². The first kappa shape index (κ1) is 15.1. The first-order valence-corrected chi connectivity index (χ1v) is 9.21. The van der Waals surface area contributed by atoms with Crippen molar-refractivity contribution in [2.75, 3.05) is 21.9 Å². The first-order chi connectivity index (χ1) is 10.5. The number of anilines is 2. The molecule has 5 nitrogen and oxygen atoms in total. The summed E-state index contributed by atoms with van der Waals surface area (Å²) < 4.78 is 26.2. The molecule has 0 saturated heterocycles. The van der Waals surface area contributed by atoms with Gasteiger partial charge < -0.3 is 4.90 Å². The Balaban J connectivity index is 1.88. The molecular formula is C16H20N2O3S. The third-order valence-electron chi connectivity index (χ3n) is 4.01. The molecule has 0 radical (unpaired) electrons. The second-order valence-corrected chi connectivity index (χ2v) is 7.65. The van der Waals surface area contributed by atoms with Crippen LogP contribution in [-0.4, -0.2) is 26.6 Å². The average molecular weight is 320 g/mol. The monoisotopic (exact) mass is 320 g/mol. The van der Waals surface area contributed by atoms with Gasteiger partial charge in [0.05, 0.1) is 11.4 Å². The quantitative estimate of drug-likeness (QED) is 0.847. The maximum atomic E-state index is 12.4. The summed E-state index contributed by atoms with van der Waals surface area (Å²) >= 11 is 0. The minimum absolute atomic E-state index is 0.130. The molecule has 22 heavy (non-hydrogen) atoms. The Kier molecular flexibility index (Phi) is 3.95. The van der Waals surface area contributed by atoms with Gasteiger partial charge in [-0.25, -0.2) is 8.42 Å². The number of hydrogen-bond acceptors (Lipinski definition) is 3. The Morgan fingerprint density at radius 3 is 2.86 bits per heavy atom. The second-order valence-electron chi connectivity index (χ2n) is 5.88. The first-order valence-electron chi connectivity index (χ1n) is 7.56. The van der Waals surface area contributed by atoms with Gasteiger partial charge in [0.15, 0.2) is 0 Å². The molecule has 1 saturated carbocycles. The molecule has 1 aromatic carbocycles. The average Bonchev–Trinajstić information content (AvgIpc) is 3.30. The molecule has 1 N–H and O–H groups in total. The van der Waals surface area contributed by atoms with Crippen LogP contribution >= 0.6 is 0 Å². The predicted octanol–water partition coefficient (Wildman–Crippen LogP) is 2.30. The van der Waals surface area contributed by atoms with Gasteiger partial charge in [0, 0.05) is 18.2 Å². The number of fused-ring (bicyclic) bond motifs is 1. The molecule has 0 bridgehead atoms. The summed E-state index contributed by atoms with van der Waals surface area (Å²) in [6.45, 7) is 4.16. The van der Waals surface area contributed by atoms with Crippen LogP contribution in [0.5, 0.6) is 0 Å². The Hall–Kier alpha value is -1.82. The van der Waals surface area contributed by atoms with Crippen molar-refractivity contribution in [3.63, 3.8) is 0 Å². The standard InChI is InChI=1S/C16H20N2O3S/c1-2-10-22(20,21)17-14-8-7-12-4-3-9-18(15(12)11-14)16(19)13-5-6-13/h2,7-8,11,13,17H,1,3-6,9-10H2. The molecule has 0 atom stereocenters. The topological polar surface area (TPSA) is 66.5 Å². The smallest absolute Gasteiger partial charge is 0.236 e. The summed E-state index contributed by atoms with van der Waals surface area (Å²) in [4.78, 5) is 14.2. The number of nitrogens with one attached hydrogen (secondary N) is 1. The van der Waals surface area contributed by atoms with Crippen LogP contribution < -0.4 is 9.62 Å². The molecule has 2 aliphatic rings. The number of benzene rings is 1. The molecule has 6 heteroatoms. The number of amides is 1. The lowest BCUT2D eigenvalue weighted by Crippen LogP contribution is -2.36. The van der Waals surface area contributed by atoms with Crippen molar-refractivity contribution in [3.05, 3.63) is 36.4 Å². The van der Waals surface area contributed by atoms with Crippen molar-refractivity contribution in [3.8, 4) is 0 Å². The van der Waals surface area contributed by atoms with E-state index >= 15 is 0 Å². The number of nitrogens with zero attached hydrogens (tertiary/aromatic N) is 1. The fourth-order valence-electron chi connectivity index (χ4n) is 2.79. The maximum Gasteiger partial charge on any atom is 0.236 e. The van der Waals surface area contributed by atoms with Crippen molar-refractivity contribution >= 4 is 27.3 Å². The van der Waals surface area contributed by atoms with Gasteiger partial charge in [-0.2, -0.15) is 0 Å². The summed E-state index contributed by atoms with van der Waals surface area (Å²) in [5, 5.41) is 0. The minimum atomic E-state index is -3.42. The SMILES string of the molecule is C=CCS(=O)(=O)Nc1ccc2c(c1)N(C(=O)C1CC1)CCC2. The van der Waals surface area contributed by atoms with Crippen LogP contribution in [0.15, 0.2) is 30.9 Å². The molecule has 1 fully saturated rings. The lowest BCUT2D eigenvalue weighted by atomic mass is 10.0. The normalized spacial score (nSPS) is 17.7. The lowest BCUT2D eigenvalue weighted by Gasteiger charge is -2.30. The van der Waals surface area contributed by atoms with Gasteiger partial charge >= 0.3 is 0 Å². The maximum absolute atomic E-state index is 12.4. The zero-order chi connectivity index (χ0) is 15.7. The van der Waals surface area contributed by atoms with Crippen molar-refractivity contribution in [1.29, 1.82) is 0 Å². The Morgan fingerprint density at radius 1 is 1.41 bits per heavy atom. The number of rotatable bonds is 5. The number of aryl methyl sites for hydroxylation is 1. The largest absolute Gasteiger partial charge is 0.312 e. The van der Waals surface area contributed by atoms with Crippen LogP contribution in [0.3, 0.4) is 0 Å². The van der Waals surface area contributed by atoms with Gasteiger partial charge in [-0.15, -0.1) is 6.58 Å². The summed E-state index contributed by atoms with van der Waals surface area (Å²) in [7, 11) is -3.42. The summed E-state index contributed by atoms with van der Waals surface area (Å²) in [5.74, 6) is 0.202. The third-order valence-corrected chi connectivity index (χ3v) is 5.23. The van der Waals surface area contributed by atoms with Crippen LogP contribution in [0, 0.1) is 5.92 Å². The van der Waals surface area contributed by atoms with E-state index in [4.69, 9.17) is 0 Å². The van der Waals surface area contributed by atoms with Crippen LogP contribution in [0.1, 0.15) is 24.8 Å². The van der Waals surface area contributed by atoms with E-state index in [-0.39, 0.29) is 17.6 Å². The Labute approximate surface area is 131 Å². The van der Waals surface area contributed by atoms with Crippen molar-refractivity contribution < 1.29 is 13.2 Å². The molecule has 118 valence electrons. The highest BCUT2D eigenvalue weighted by Gasteiger charge is 2.35. The van der Waals surface area contributed by atoms with Crippen LogP contribution in [0.2, 0.25) is 0 Å². The van der Waals surface area contributed by atoms with Gasteiger partial charge in [0.1, 0.15) is 0 Å². The van der Waals surface area contributed by atoms with Gasteiger partial charge in [0.2, 0.25) is 15.9 Å². The fraction of sp³-hybridized carbons (Fsp3) is 0.438. The molecular weight excluding hydrogens is 300 g/mol. The molecule has 1 amide bonds. The van der Waals surface area contributed by atoms with E-state index < -0.39 is 10.0 Å². The van der Waals surface area contributed by atoms with Gasteiger partial charge in [-0.05, 0) is 43.4 Å². The van der Waals surface area contributed by atoms with E-state index in [1.165, 1.54) is 6.08 Å². The molecule has 1 aliphatic carbocycles. The van der Waals surface area contributed by atoms with E-state index in [0.29, 0.717) is 12.2 Å². The van der Waals surface area contributed by atoms with E-state index in [0.717, 1.165) is 36.9 Å². The van der Waals surface area contributed by atoms with Crippen molar-refractivity contribution in [2.45, 2.75) is 25.7 Å². The predicted molar refractivity (Wildman–Crippen MR) is 87.4 cm³/mol. The molecule has 1 heterocycles. The summed E-state index contributed by atoms with van der Waals surface area (Å²) in [5.41, 5.74) is 2.45. The van der Waals surface area contributed by atoms with Crippen LogP contribution in [0.25, 0.3) is 0 Å². The zero-order valence-electron chi connectivity index (χ0n) is 12.4. The number of sulfonamides is 1. The van der Waals surface area contributed by atoms with E-state index in [1.807, 2.05) is 11.0 Å². The van der Waals surface area contributed by atoms with Crippen LogP contribution in [0.4, 0.5) is 11.4 Å². The lowest BCUT2D eigenvalue weighted by molar-refractivity contribution is -0.119.